The van der Waals surface area contributed by atoms with Crippen molar-refractivity contribution in [3.8, 4) is 22.5 Å². The molecule has 30 heavy (non-hydrogen) atoms. The molecule has 154 valence electrons. The second-order valence-corrected chi connectivity index (χ2v) is 7.24. The highest BCUT2D eigenvalue weighted by atomic mass is 32.1. The molecule has 0 aromatic carbocycles. The van der Waals surface area contributed by atoms with Crippen LogP contribution >= 0.6 is 11.5 Å². The van der Waals surface area contributed by atoms with E-state index in [-0.39, 0.29) is 17.7 Å². The minimum Gasteiger partial charge on any atom is -0.394 e. The normalized spacial score (nSPS) is 13.0. The number of hydrogen-bond acceptors (Lipinski definition) is 7. The quantitative estimate of drug-likeness (QED) is 0.529. The molecule has 0 aliphatic rings. The van der Waals surface area contributed by atoms with Crippen LogP contribution in [0.1, 0.15) is 18.7 Å². The molecule has 0 unspecified atom stereocenters. The average Bonchev–Trinajstić information content (AvgIpc) is 3.27. The number of rotatable bonds is 4. The van der Waals surface area contributed by atoms with E-state index >= 15 is 0 Å². The molecule has 11 heteroatoms. The van der Waals surface area contributed by atoms with Gasteiger partial charge in [-0.15, -0.1) is 0 Å². The average molecular weight is 433 g/mol. The van der Waals surface area contributed by atoms with E-state index in [0.717, 1.165) is 12.3 Å². The summed E-state index contributed by atoms with van der Waals surface area (Å²) in [6, 6.07) is 3.09. The zero-order valence-electron chi connectivity index (χ0n) is 15.5. The Bertz CT molecular complexity index is 1250. The Morgan fingerprint density at radius 2 is 2.00 bits per heavy atom. The Hall–Kier alpha value is -3.18. The zero-order chi connectivity index (χ0) is 21.5. The molecule has 4 aromatic heterocycles. The number of alkyl halides is 3. The first kappa shape index (κ1) is 20.1. The summed E-state index contributed by atoms with van der Waals surface area (Å²) in [5, 5.41) is 11.4. The lowest BCUT2D eigenvalue weighted by atomic mass is 10.1. The molecule has 0 saturated heterocycles. The number of halogens is 3. The molecule has 0 saturated carbocycles. The lowest BCUT2D eigenvalue weighted by Crippen LogP contribution is -2.25. The number of fused-ring (bicyclic) bond motifs is 1. The summed E-state index contributed by atoms with van der Waals surface area (Å²) in [6.45, 7) is 1.41. The number of hydrogen-bond donors (Lipinski definition) is 1. The van der Waals surface area contributed by atoms with Crippen LogP contribution in [0.4, 0.5) is 13.2 Å². The summed E-state index contributed by atoms with van der Waals surface area (Å²) in [4.78, 5) is 25.4. The van der Waals surface area contributed by atoms with E-state index in [4.69, 9.17) is 0 Å². The Balaban J connectivity index is 1.96. The van der Waals surface area contributed by atoms with E-state index in [1.807, 2.05) is 0 Å². The lowest BCUT2D eigenvalue weighted by Gasteiger charge is -2.14. The number of aliphatic hydroxyl groups excluding tert-OH is 1. The van der Waals surface area contributed by atoms with Gasteiger partial charge in [0.1, 0.15) is 11.2 Å². The monoisotopic (exact) mass is 433 g/mol. The minimum atomic E-state index is -4.55. The van der Waals surface area contributed by atoms with Gasteiger partial charge in [0.2, 0.25) is 0 Å². The highest BCUT2D eigenvalue weighted by Gasteiger charge is 2.32. The topological polar surface area (TPSA) is 93.8 Å². The predicted octanol–water partition coefficient (Wildman–Crippen LogP) is 3.55. The first-order valence-electron chi connectivity index (χ1n) is 8.75. The number of aliphatic hydroxyl groups is 1. The van der Waals surface area contributed by atoms with Crippen LogP contribution in [0.5, 0.6) is 0 Å². The maximum Gasteiger partial charge on any atom is 0.433 e. The van der Waals surface area contributed by atoms with Gasteiger partial charge in [-0.05, 0) is 36.7 Å². The van der Waals surface area contributed by atoms with Gasteiger partial charge in [0, 0.05) is 22.7 Å². The maximum absolute atomic E-state index is 13.0. The van der Waals surface area contributed by atoms with Crippen LogP contribution < -0.4 is 5.56 Å². The van der Waals surface area contributed by atoms with Gasteiger partial charge in [0.05, 0.1) is 41.9 Å². The van der Waals surface area contributed by atoms with Crippen LogP contribution in [-0.2, 0) is 6.18 Å². The molecule has 0 aliphatic heterocycles. The summed E-state index contributed by atoms with van der Waals surface area (Å²) in [7, 11) is 0. The van der Waals surface area contributed by atoms with E-state index in [9.17, 15) is 23.1 Å². The molecule has 4 heterocycles. The van der Waals surface area contributed by atoms with Crippen LogP contribution in [0.15, 0.2) is 47.1 Å². The van der Waals surface area contributed by atoms with Crippen LogP contribution in [0.25, 0.3) is 33.4 Å². The van der Waals surface area contributed by atoms with Crippen molar-refractivity contribution in [2.45, 2.75) is 19.1 Å². The molecule has 7 nitrogen and oxygen atoms in total. The predicted molar refractivity (Wildman–Crippen MR) is 105 cm³/mol. The standard InChI is InChI=1S/C19H14F3N5O2S/c1-10(7-28)27-9-24-17-13(18(27)29)4-14(26-16(17)12-6-25-30-8-12)11-2-3-15(23-5-11)19(20,21)22/h2-6,8-10,28H,7H2,1H3/t10-/m0/s1. The Labute approximate surface area is 171 Å². The first-order valence-corrected chi connectivity index (χ1v) is 9.59. The van der Waals surface area contributed by atoms with E-state index in [1.54, 1.807) is 18.5 Å². The van der Waals surface area contributed by atoms with Crippen molar-refractivity contribution in [1.82, 2.24) is 23.9 Å². The van der Waals surface area contributed by atoms with Gasteiger partial charge in [0.15, 0.2) is 0 Å². The van der Waals surface area contributed by atoms with Crippen molar-refractivity contribution >= 4 is 22.4 Å². The minimum absolute atomic E-state index is 0.226. The third-order valence-corrected chi connectivity index (χ3v) is 5.15. The molecular formula is C19H14F3N5O2S. The summed E-state index contributed by atoms with van der Waals surface area (Å²) < 4.78 is 43.8. The van der Waals surface area contributed by atoms with Gasteiger partial charge in [-0.2, -0.15) is 13.2 Å². The largest absolute Gasteiger partial charge is 0.433 e. The molecule has 0 bridgehead atoms. The number of nitrogens with zero attached hydrogens (tertiary/aromatic N) is 5. The summed E-state index contributed by atoms with van der Waals surface area (Å²) in [5.74, 6) is 0. The van der Waals surface area contributed by atoms with E-state index in [1.165, 1.54) is 34.6 Å². The second kappa shape index (κ2) is 7.58. The van der Waals surface area contributed by atoms with Gasteiger partial charge in [-0.25, -0.2) is 14.3 Å². The highest BCUT2D eigenvalue weighted by molar-refractivity contribution is 7.03. The van der Waals surface area contributed by atoms with Crippen molar-refractivity contribution in [3.63, 3.8) is 0 Å². The summed E-state index contributed by atoms with van der Waals surface area (Å²) in [5.41, 5.74) is 0.538. The number of pyridine rings is 2. The van der Waals surface area contributed by atoms with Crippen LogP contribution in [0.3, 0.4) is 0 Å². The van der Waals surface area contributed by atoms with Gasteiger partial charge in [0.25, 0.3) is 5.56 Å². The van der Waals surface area contributed by atoms with Crippen molar-refractivity contribution in [2.75, 3.05) is 6.61 Å². The Morgan fingerprint density at radius 3 is 2.60 bits per heavy atom. The van der Waals surface area contributed by atoms with Crippen LogP contribution in [-0.4, -0.2) is 35.6 Å². The molecule has 4 rings (SSSR count). The molecule has 4 aromatic rings. The molecule has 0 spiro atoms. The van der Waals surface area contributed by atoms with Crippen molar-refractivity contribution in [1.29, 1.82) is 0 Å². The van der Waals surface area contributed by atoms with Crippen molar-refractivity contribution in [2.24, 2.45) is 0 Å². The smallest absolute Gasteiger partial charge is 0.394 e. The first-order chi connectivity index (χ1) is 14.3. The molecule has 0 amide bonds. The van der Waals surface area contributed by atoms with E-state index < -0.39 is 23.5 Å². The van der Waals surface area contributed by atoms with E-state index in [0.29, 0.717) is 22.3 Å². The molecule has 1 N–H and O–H groups in total. The fraction of sp³-hybridized carbons (Fsp3) is 0.211. The Morgan fingerprint density at radius 1 is 1.20 bits per heavy atom. The third-order valence-electron chi connectivity index (χ3n) is 4.56. The van der Waals surface area contributed by atoms with Crippen LogP contribution in [0.2, 0.25) is 0 Å². The highest BCUT2D eigenvalue weighted by Crippen LogP contribution is 2.31. The van der Waals surface area contributed by atoms with Crippen LogP contribution in [0, 0.1) is 0 Å². The van der Waals surface area contributed by atoms with Crippen molar-refractivity contribution < 1.29 is 18.3 Å². The number of aromatic nitrogens is 5. The lowest BCUT2D eigenvalue weighted by molar-refractivity contribution is -0.141. The fourth-order valence-corrected chi connectivity index (χ4v) is 3.45. The summed E-state index contributed by atoms with van der Waals surface area (Å²) >= 11 is 1.19. The zero-order valence-corrected chi connectivity index (χ0v) is 16.3. The van der Waals surface area contributed by atoms with E-state index in [2.05, 4.69) is 19.3 Å². The molecule has 0 fully saturated rings. The summed E-state index contributed by atoms with van der Waals surface area (Å²) in [6.07, 6.45) is -0.570. The third kappa shape index (κ3) is 3.57. The maximum atomic E-state index is 13.0. The Kier molecular flexibility index (Phi) is 5.08. The molecule has 0 radical (unpaired) electrons. The molecule has 0 aliphatic carbocycles. The van der Waals surface area contributed by atoms with Gasteiger partial charge >= 0.3 is 6.18 Å². The van der Waals surface area contributed by atoms with Gasteiger partial charge in [-0.3, -0.25) is 14.3 Å². The van der Waals surface area contributed by atoms with Gasteiger partial charge in [-0.1, -0.05) is 0 Å². The van der Waals surface area contributed by atoms with Crippen molar-refractivity contribution in [3.05, 3.63) is 58.3 Å². The molecular weight excluding hydrogens is 419 g/mol. The molecule has 1 atom stereocenters. The van der Waals surface area contributed by atoms with Gasteiger partial charge < -0.3 is 5.11 Å². The second-order valence-electron chi connectivity index (χ2n) is 6.58. The fourth-order valence-electron chi connectivity index (χ4n) is 2.93. The SMILES string of the molecule is C[C@@H](CO)n1cnc2c(-c3cnsc3)nc(-c3ccc(C(F)(F)F)nc3)cc2c1=O.